The van der Waals surface area contributed by atoms with E-state index in [9.17, 15) is 9.59 Å². The maximum atomic E-state index is 13.1. The first kappa shape index (κ1) is 18.4. The van der Waals surface area contributed by atoms with Crippen molar-refractivity contribution < 1.29 is 4.74 Å². The maximum absolute atomic E-state index is 13.1. The fourth-order valence-electron chi connectivity index (χ4n) is 3.59. The van der Waals surface area contributed by atoms with Crippen LogP contribution in [0.25, 0.3) is 11.2 Å². The summed E-state index contributed by atoms with van der Waals surface area (Å²) < 4.78 is 9.90. The van der Waals surface area contributed by atoms with E-state index >= 15 is 0 Å². The van der Waals surface area contributed by atoms with E-state index in [4.69, 9.17) is 16.3 Å². The van der Waals surface area contributed by atoms with Crippen LogP contribution in [0.1, 0.15) is 6.92 Å². The molecule has 1 aromatic carbocycles. The molecule has 1 aliphatic rings. The number of allylic oxidation sites excluding steroid dienone is 1. The van der Waals surface area contributed by atoms with Gasteiger partial charge in [-0.05, 0) is 25.1 Å². The molecule has 0 spiro atoms. The molecule has 0 aliphatic carbocycles. The third kappa shape index (κ3) is 2.63. The molecular weight excluding hydrogens is 382 g/mol. The minimum absolute atomic E-state index is 0.174. The summed E-state index contributed by atoms with van der Waals surface area (Å²) in [4.78, 5) is 32.3. The molecule has 0 amide bonds. The van der Waals surface area contributed by atoms with Crippen LogP contribution >= 0.6 is 11.6 Å². The van der Waals surface area contributed by atoms with Gasteiger partial charge in [0.25, 0.3) is 5.56 Å². The molecule has 0 radical (unpaired) electrons. The third-order valence-corrected chi connectivity index (χ3v) is 5.10. The molecule has 9 heteroatoms. The van der Waals surface area contributed by atoms with Crippen molar-refractivity contribution in [3.8, 4) is 5.75 Å². The highest BCUT2D eigenvalue weighted by Gasteiger charge is 2.30. The topological polar surface area (TPSA) is 74.3 Å². The minimum Gasteiger partial charge on any atom is -0.495 e. The molecule has 0 fully saturated rings. The number of anilines is 2. The fourth-order valence-corrected chi connectivity index (χ4v) is 3.76. The lowest BCUT2D eigenvalue weighted by atomic mass is 10.2. The number of fused-ring (bicyclic) bond motifs is 3. The van der Waals surface area contributed by atoms with Gasteiger partial charge in [0, 0.05) is 25.2 Å². The van der Waals surface area contributed by atoms with Crippen LogP contribution < -0.4 is 20.9 Å². The molecule has 0 N–H and O–H groups in total. The van der Waals surface area contributed by atoms with Crippen LogP contribution in [0.5, 0.6) is 5.75 Å². The Labute approximate surface area is 165 Å². The summed E-state index contributed by atoms with van der Waals surface area (Å²) in [6.07, 6.45) is 0. The molecule has 0 bridgehead atoms. The number of rotatable bonds is 4. The van der Waals surface area contributed by atoms with Gasteiger partial charge < -0.3 is 14.2 Å². The molecule has 3 heterocycles. The fraction of sp³-hybridized carbons (Fsp3) is 0.316. The Kier molecular flexibility index (Phi) is 4.30. The molecule has 0 saturated heterocycles. The molecular formula is C19H20ClN5O3. The summed E-state index contributed by atoms with van der Waals surface area (Å²) in [5, 5.41) is 0.571. The van der Waals surface area contributed by atoms with Gasteiger partial charge in [-0.2, -0.15) is 4.98 Å². The quantitative estimate of drug-likeness (QED) is 0.627. The highest BCUT2D eigenvalue weighted by molar-refractivity contribution is 6.31. The Morgan fingerprint density at radius 1 is 1.32 bits per heavy atom. The summed E-state index contributed by atoms with van der Waals surface area (Å²) in [5.41, 5.74) is 1.47. The lowest BCUT2D eigenvalue weighted by Gasteiger charge is -2.19. The van der Waals surface area contributed by atoms with Crippen molar-refractivity contribution in [1.82, 2.24) is 18.7 Å². The van der Waals surface area contributed by atoms with Crippen LogP contribution in [0.3, 0.4) is 0 Å². The number of benzene rings is 1. The predicted octanol–water partition coefficient (Wildman–Crippen LogP) is 2.29. The number of hydrogen-bond donors (Lipinski definition) is 0. The second-order valence-electron chi connectivity index (χ2n) is 6.89. The van der Waals surface area contributed by atoms with E-state index < -0.39 is 5.69 Å². The summed E-state index contributed by atoms with van der Waals surface area (Å²) >= 11 is 6.18. The van der Waals surface area contributed by atoms with Gasteiger partial charge >= 0.3 is 5.69 Å². The zero-order valence-electron chi connectivity index (χ0n) is 15.9. The van der Waals surface area contributed by atoms with Gasteiger partial charge in [-0.25, -0.2) is 4.79 Å². The van der Waals surface area contributed by atoms with E-state index in [1.54, 1.807) is 39.3 Å². The lowest BCUT2D eigenvalue weighted by Crippen LogP contribution is -2.39. The molecule has 3 aromatic rings. The summed E-state index contributed by atoms with van der Waals surface area (Å²) in [7, 11) is 3.21. The number of nitrogens with zero attached hydrogens (tertiary/aromatic N) is 5. The molecule has 0 atom stereocenters. The predicted molar refractivity (Wildman–Crippen MR) is 109 cm³/mol. The largest absolute Gasteiger partial charge is 0.495 e. The average Bonchev–Trinajstić information content (AvgIpc) is 3.22. The van der Waals surface area contributed by atoms with Crippen LogP contribution in [-0.2, 0) is 20.1 Å². The second kappa shape index (κ2) is 6.56. The Bertz CT molecular complexity index is 1240. The molecule has 8 nitrogen and oxygen atoms in total. The van der Waals surface area contributed by atoms with Crippen molar-refractivity contribution in [2.45, 2.75) is 20.0 Å². The second-order valence-corrected chi connectivity index (χ2v) is 7.33. The van der Waals surface area contributed by atoms with Gasteiger partial charge in [-0.1, -0.05) is 23.8 Å². The van der Waals surface area contributed by atoms with Crippen LogP contribution in [0.15, 0.2) is 39.9 Å². The van der Waals surface area contributed by atoms with E-state index in [1.165, 1.54) is 9.13 Å². The maximum Gasteiger partial charge on any atom is 0.332 e. The molecule has 0 unspecified atom stereocenters. The number of aryl methyl sites for hydroxylation is 1. The molecule has 2 aromatic heterocycles. The van der Waals surface area contributed by atoms with Crippen molar-refractivity contribution in [3.05, 3.63) is 56.2 Å². The molecule has 146 valence electrons. The normalized spacial score (nSPS) is 13.2. The zero-order chi connectivity index (χ0) is 20.2. The van der Waals surface area contributed by atoms with Gasteiger partial charge in [0.15, 0.2) is 11.2 Å². The highest BCUT2D eigenvalue weighted by Crippen LogP contribution is 2.38. The molecule has 0 saturated carbocycles. The van der Waals surface area contributed by atoms with Crippen LogP contribution in [0.4, 0.5) is 11.6 Å². The van der Waals surface area contributed by atoms with E-state index in [2.05, 4.69) is 11.6 Å². The minimum atomic E-state index is -0.413. The highest BCUT2D eigenvalue weighted by atomic mass is 35.5. The number of imidazole rings is 1. The van der Waals surface area contributed by atoms with Crippen molar-refractivity contribution in [2.75, 3.05) is 18.6 Å². The van der Waals surface area contributed by atoms with Gasteiger partial charge in [-0.3, -0.25) is 13.9 Å². The number of methoxy groups -OCH3 is 1. The average molecular weight is 402 g/mol. The van der Waals surface area contributed by atoms with Crippen molar-refractivity contribution >= 4 is 34.4 Å². The lowest BCUT2D eigenvalue weighted by molar-refractivity contribution is 0.415. The smallest absolute Gasteiger partial charge is 0.332 e. The molecule has 1 aliphatic heterocycles. The number of hydrogen-bond acceptors (Lipinski definition) is 5. The van der Waals surface area contributed by atoms with Gasteiger partial charge in [-0.15, -0.1) is 0 Å². The van der Waals surface area contributed by atoms with Crippen molar-refractivity contribution in [1.29, 1.82) is 0 Å². The van der Waals surface area contributed by atoms with Gasteiger partial charge in [0.05, 0.1) is 19.3 Å². The Morgan fingerprint density at radius 3 is 2.75 bits per heavy atom. The van der Waals surface area contributed by atoms with Crippen molar-refractivity contribution in [3.63, 3.8) is 0 Å². The Hall–Kier alpha value is -3.00. The number of aromatic nitrogens is 4. The number of halogens is 1. The van der Waals surface area contributed by atoms with Crippen LogP contribution in [0.2, 0.25) is 5.02 Å². The number of ether oxygens (including phenoxy) is 1. The molecule has 4 rings (SSSR count). The SMILES string of the molecule is C=C(C)Cn1c(=O)c2c(nc3n2CCN3c2cc(Cl)ccc2OC)n(C)c1=O. The monoisotopic (exact) mass is 401 g/mol. The summed E-state index contributed by atoms with van der Waals surface area (Å²) in [6, 6.07) is 5.34. The third-order valence-electron chi connectivity index (χ3n) is 4.86. The molecule has 28 heavy (non-hydrogen) atoms. The van der Waals surface area contributed by atoms with E-state index in [0.29, 0.717) is 41.0 Å². The first-order valence-electron chi connectivity index (χ1n) is 8.79. The summed E-state index contributed by atoms with van der Waals surface area (Å²) in [6.45, 7) is 6.94. The summed E-state index contributed by atoms with van der Waals surface area (Å²) in [5.74, 6) is 1.23. The first-order valence-corrected chi connectivity index (χ1v) is 9.16. The zero-order valence-corrected chi connectivity index (χ0v) is 16.7. The standard InChI is InChI=1S/C19H20ClN5O3/c1-11(2)10-25-17(26)15-16(22(3)19(25)27)21-18-23(7-8-24(15)18)13-9-12(20)5-6-14(13)28-4/h5-6,9H,1,7-8,10H2,2-4H3. The van der Waals surface area contributed by atoms with Gasteiger partial charge in [0.1, 0.15) is 5.75 Å². The van der Waals surface area contributed by atoms with Crippen LogP contribution in [0, 0.1) is 0 Å². The van der Waals surface area contributed by atoms with Gasteiger partial charge in [0.2, 0.25) is 5.95 Å². The van der Waals surface area contributed by atoms with E-state index in [0.717, 1.165) is 11.3 Å². The van der Waals surface area contributed by atoms with E-state index in [1.807, 2.05) is 9.47 Å². The van der Waals surface area contributed by atoms with Crippen LogP contribution in [-0.4, -0.2) is 32.3 Å². The Morgan fingerprint density at radius 2 is 2.07 bits per heavy atom. The Balaban J connectivity index is 1.97. The first-order chi connectivity index (χ1) is 13.3. The van der Waals surface area contributed by atoms with Crippen molar-refractivity contribution in [2.24, 2.45) is 7.05 Å². The van der Waals surface area contributed by atoms with E-state index in [-0.39, 0.29) is 12.1 Å².